The molecule has 0 aliphatic carbocycles. The molecule has 0 heterocycles. The second kappa shape index (κ2) is 4.04. The second-order valence-corrected chi connectivity index (χ2v) is 12.8. The fraction of sp³-hybridized carbons (Fsp3) is 1.00. The summed E-state index contributed by atoms with van der Waals surface area (Å²) >= 11 is 6.87. The Morgan fingerprint density at radius 2 is 1.71 bits per heavy atom. The molecule has 0 spiro atoms. The minimum absolute atomic E-state index is 0.210. The van der Waals surface area contributed by atoms with Crippen LogP contribution < -0.4 is 0 Å². The van der Waals surface area contributed by atoms with E-state index in [-0.39, 0.29) is 6.04 Å². The van der Waals surface area contributed by atoms with Gasteiger partial charge in [-0.3, -0.25) is 0 Å². The number of rotatable bonds is 2. The lowest BCUT2D eigenvalue weighted by atomic mass is 10.5. The van der Waals surface area contributed by atoms with Crippen molar-refractivity contribution in [2.24, 2.45) is 0 Å². The molecular formula is C3H5I3O. The Morgan fingerprint density at radius 3 is 1.71 bits per heavy atom. The van der Waals surface area contributed by atoms with E-state index in [9.17, 15) is 0 Å². The van der Waals surface area contributed by atoms with Gasteiger partial charge in [-0.1, -0.05) is 67.8 Å². The van der Waals surface area contributed by atoms with Crippen molar-refractivity contribution in [1.29, 1.82) is 0 Å². The highest BCUT2D eigenvalue weighted by Gasteiger charge is 2.14. The largest absolute Gasteiger partial charge is 0.396 e. The molecule has 0 aromatic rings. The summed E-state index contributed by atoms with van der Waals surface area (Å²) in [6.45, 7) is 0.287. The van der Waals surface area contributed by atoms with Gasteiger partial charge in [-0.15, -0.1) is 0 Å². The molecule has 0 fully saturated rings. The molecule has 0 unspecified atom stereocenters. The normalized spacial score (nSPS) is 12.0. The summed E-state index contributed by atoms with van der Waals surface area (Å²) in [6.07, 6.45) is 0.856. The maximum atomic E-state index is 8.39. The zero-order valence-electron chi connectivity index (χ0n) is 3.50. The van der Waals surface area contributed by atoms with E-state index >= 15 is 0 Å². The number of aliphatic hydroxyl groups excluding tert-OH is 1. The highest BCUT2D eigenvalue weighted by molar-refractivity contribution is 14.3. The van der Waals surface area contributed by atoms with Crippen LogP contribution in [-0.4, -0.2) is 11.1 Å². The third kappa shape index (κ3) is 8.15. The molecule has 0 radical (unpaired) electrons. The van der Waals surface area contributed by atoms with Crippen LogP contribution in [0, 0.1) is 0 Å². The molecule has 0 aromatic carbocycles. The Hall–Kier alpha value is 2.15. The van der Waals surface area contributed by atoms with Crippen molar-refractivity contribution in [3.8, 4) is 0 Å². The number of halogens is 3. The quantitative estimate of drug-likeness (QED) is 0.519. The Kier molecular flexibility index (Phi) is 5.29. The van der Waals surface area contributed by atoms with Crippen molar-refractivity contribution in [2.75, 3.05) is 6.61 Å². The topological polar surface area (TPSA) is 20.2 Å². The number of hydrogen-bond donors (Lipinski definition) is 1. The van der Waals surface area contributed by atoms with Crippen LogP contribution >= 0.6 is 67.8 Å². The van der Waals surface area contributed by atoms with Gasteiger partial charge >= 0.3 is 0 Å². The van der Waals surface area contributed by atoms with Crippen molar-refractivity contribution in [1.82, 2.24) is 0 Å². The van der Waals surface area contributed by atoms with Crippen LogP contribution in [0.2, 0.25) is 0 Å². The van der Waals surface area contributed by atoms with E-state index in [1.165, 1.54) is 0 Å². The maximum absolute atomic E-state index is 8.39. The third-order valence-electron chi connectivity index (χ3n) is 0.395. The average Bonchev–Trinajstić information content (AvgIpc) is 1.30. The van der Waals surface area contributed by atoms with Crippen molar-refractivity contribution in [2.45, 2.75) is 5.86 Å². The van der Waals surface area contributed by atoms with Crippen molar-refractivity contribution in [3.05, 3.63) is 0 Å². The Morgan fingerprint density at radius 1 is 1.29 bits per heavy atom. The van der Waals surface area contributed by atoms with Crippen LogP contribution in [0.15, 0.2) is 0 Å². The zero-order valence-corrected chi connectivity index (χ0v) is 9.97. The first kappa shape index (κ1) is 9.15. The fourth-order valence-electron chi connectivity index (χ4n) is 0.127. The fourth-order valence-corrected chi connectivity index (χ4v) is 0.850. The molecule has 7 heavy (non-hydrogen) atoms. The molecule has 0 bridgehead atoms. The summed E-state index contributed by atoms with van der Waals surface area (Å²) in [5, 5.41) is 8.39. The zero-order chi connectivity index (χ0) is 5.91. The van der Waals surface area contributed by atoms with Crippen LogP contribution in [0.1, 0.15) is 6.42 Å². The van der Waals surface area contributed by atoms with E-state index in [1.54, 1.807) is 0 Å². The van der Waals surface area contributed by atoms with Gasteiger partial charge in [0.1, 0.15) is -0.565 Å². The van der Waals surface area contributed by atoms with Crippen molar-refractivity contribution in [3.63, 3.8) is 0 Å². The number of alkyl halides is 3. The van der Waals surface area contributed by atoms with Crippen LogP contribution in [0.3, 0.4) is 0 Å². The third-order valence-corrected chi connectivity index (χ3v) is 2.01. The summed E-state index contributed by atoms with van der Waals surface area (Å²) in [5.74, 6) is 0. The van der Waals surface area contributed by atoms with Gasteiger partial charge in [0.25, 0.3) is 0 Å². The van der Waals surface area contributed by atoms with Gasteiger partial charge in [-0.2, -0.15) is 0 Å². The van der Waals surface area contributed by atoms with Crippen LogP contribution in [0.25, 0.3) is 0 Å². The van der Waals surface area contributed by atoms with E-state index in [0.29, 0.717) is 0 Å². The van der Waals surface area contributed by atoms with Crippen LogP contribution in [0.5, 0.6) is 0 Å². The maximum Gasteiger partial charge on any atom is 0.126 e. The molecule has 0 atom stereocenters. The molecule has 0 aromatic heterocycles. The number of aliphatic hydroxyl groups is 1. The molecule has 1 N–H and O–H groups in total. The average molecular weight is 438 g/mol. The molecular weight excluding hydrogens is 433 g/mol. The van der Waals surface area contributed by atoms with Gasteiger partial charge in [0.05, 0.1) is 0 Å². The predicted molar refractivity (Wildman–Crippen MR) is 56.5 cm³/mol. The SMILES string of the molecule is OCCC(I)(I)I. The number of hydrogen-bond acceptors (Lipinski definition) is 1. The first-order valence-electron chi connectivity index (χ1n) is 1.74. The van der Waals surface area contributed by atoms with Crippen LogP contribution in [0.4, 0.5) is 0 Å². The highest BCUT2D eigenvalue weighted by atomic mass is 127. The Balaban J connectivity index is 3.15. The predicted octanol–water partition coefficient (Wildman–Crippen LogP) is 2.33. The summed E-state index contributed by atoms with van der Waals surface area (Å²) in [6, 6.07) is 0. The van der Waals surface area contributed by atoms with E-state index in [1.807, 2.05) is 0 Å². The Bertz CT molecular complexity index is 48.6. The lowest BCUT2D eigenvalue weighted by Crippen LogP contribution is -2.00. The summed E-state index contributed by atoms with van der Waals surface area (Å²) in [5.41, 5.74) is 0. The van der Waals surface area contributed by atoms with E-state index < -0.39 is 0 Å². The molecule has 0 saturated carbocycles. The second-order valence-electron chi connectivity index (χ2n) is 1.09. The van der Waals surface area contributed by atoms with E-state index in [2.05, 4.69) is 67.8 Å². The first-order chi connectivity index (χ1) is 3.06. The lowest BCUT2D eigenvalue weighted by Gasteiger charge is -2.07. The molecule has 0 rings (SSSR count). The minimum atomic E-state index is 0.210. The van der Waals surface area contributed by atoms with Gasteiger partial charge in [-0.05, 0) is 0 Å². The smallest absolute Gasteiger partial charge is 0.126 e. The van der Waals surface area contributed by atoms with Gasteiger partial charge in [0, 0.05) is 13.0 Å². The van der Waals surface area contributed by atoms with Crippen molar-refractivity contribution < 1.29 is 5.11 Å². The van der Waals surface area contributed by atoms with Gasteiger partial charge < -0.3 is 5.11 Å². The van der Waals surface area contributed by atoms with Gasteiger partial charge in [0.15, 0.2) is 0 Å². The standard InChI is InChI=1S/C3H5I3O/c4-3(5,6)1-2-7/h7H,1-2H2. The molecule has 4 heteroatoms. The van der Waals surface area contributed by atoms with E-state index in [4.69, 9.17) is 5.11 Å². The van der Waals surface area contributed by atoms with E-state index in [0.717, 1.165) is 6.42 Å². The Labute approximate surface area is 84.0 Å². The molecule has 0 saturated heterocycles. The summed E-state index contributed by atoms with van der Waals surface area (Å²) in [4.78, 5) is 0. The summed E-state index contributed by atoms with van der Waals surface area (Å²) < 4.78 is 0.210. The summed E-state index contributed by atoms with van der Waals surface area (Å²) in [7, 11) is 0. The molecule has 44 valence electrons. The van der Waals surface area contributed by atoms with Gasteiger partial charge in [0.2, 0.25) is 0 Å². The minimum Gasteiger partial charge on any atom is -0.396 e. The van der Waals surface area contributed by atoms with Crippen molar-refractivity contribution >= 4 is 67.8 Å². The highest BCUT2D eigenvalue weighted by Crippen LogP contribution is 2.38. The monoisotopic (exact) mass is 438 g/mol. The molecule has 0 aliphatic rings. The molecule has 0 amide bonds. The lowest BCUT2D eigenvalue weighted by molar-refractivity contribution is 0.295. The molecule has 1 nitrogen and oxygen atoms in total. The van der Waals surface area contributed by atoms with Crippen LogP contribution in [-0.2, 0) is 0 Å². The first-order valence-corrected chi connectivity index (χ1v) is 4.97. The van der Waals surface area contributed by atoms with Gasteiger partial charge in [-0.25, -0.2) is 0 Å². The molecule has 0 aliphatic heterocycles.